The van der Waals surface area contributed by atoms with Gasteiger partial charge in [-0.25, -0.2) is 13.1 Å². The van der Waals surface area contributed by atoms with Gasteiger partial charge < -0.3 is 10.2 Å². The van der Waals surface area contributed by atoms with E-state index >= 15 is 0 Å². The lowest BCUT2D eigenvalue weighted by atomic mass is 9.97. The van der Waals surface area contributed by atoms with Gasteiger partial charge in [0.15, 0.2) is 0 Å². The largest absolute Gasteiger partial charge is 0.312 e. The first-order valence-corrected chi connectivity index (χ1v) is 9.00. The van der Waals surface area contributed by atoms with Crippen molar-refractivity contribution in [2.75, 3.05) is 19.8 Å². The molecule has 0 aliphatic carbocycles. The summed E-state index contributed by atoms with van der Waals surface area (Å²) in [5.41, 5.74) is -0.435. The summed E-state index contributed by atoms with van der Waals surface area (Å²) in [6.07, 6.45) is 6.20. The third-order valence-corrected chi connectivity index (χ3v) is 5.32. The Morgan fingerprint density at radius 1 is 1.21 bits per heavy atom. The summed E-state index contributed by atoms with van der Waals surface area (Å²) in [6, 6.07) is 1.94. The summed E-state index contributed by atoms with van der Waals surface area (Å²) in [6.45, 7) is 4.52. The maximum atomic E-state index is 11.3. The highest BCUT2D eigenvalue weighted by Crippen LogP contribution is 2.34. The number of rotatable bonds is 5. The number of hydrogen-bond donors (Lipinski definition) is 2. The van der Waals surface area contributed by atoms with Crippen molar-refractivity contribution in [3.05, 3.63) is 0 Å². The highest BCUT2D eigenvalue weighted by molar-refractivity contribution is 7.88. The van der Waals surface area contributed by atoms with Crippen LogP contribution in [-0.2, 0) is 10.0 Å². The van der Waals surface area contributed by atoms with Crippen molar-refractivity contribution in [3.63, 3.8) is 0 Å². The van der Waals surface area contributed by atoms with Gasteiger partial charge in [-0.2, -0.15) is 0 Å². The molecule has 0 aromatic carbocycles. The Morgan fingerprint density at radius 2 is 1.74 bits per heavy atom. The van der Waals surface area contributed by atoms with Crippen molar-refractivity contribution in [2.24, 2.45) is 0 Å². The average Bonchev–Trinajstić information content (AvgIpc) is 2.49. The predicted octanol–water partition coefficient (Wildman–Crippen LogP) is 0.529. The van der Waals surface area contributed by atoms with E-state index in [-0.39, 0.29) is 0 Å². The molecule has 0 aromatic rings. The molecule has 6 heteroatoms. The summed E-state index contributed by atoms with van der Waals surface area (Å²) in [4.78, 5) is 2.51. The summed E-state index contributed by atoms with van der Waals surface area (Å²) >= 11 is 0. The van der Waals surface area contributed by atoms with Crippen LogP contribution in [-0.4, -0.2) is 56.8 Å². The van der Waals surface area contributed by atoms with Gasteiger partial charge in [0.1, 0.15) is 0 Å². The lowest BCUT2D eigenvalue weighted by molar-refractivity contribution is 0.145. The number of piperidine rings is 1. The smallest absolute Gasteiger partial charge is 0.209 e. The van der Waals surface area contributed by atoms with Crippen molar-refractivity contribution in [3.8, 4) is 0 Å². The molecule has 2 aliphatic rings. The minimum Gasteiger partial charge on any atom is -0.312 e. The van der Waals surface area contributed by atoms with Gasteiger partial charge in [0.25, 0.3) is 0 Å². The zero-order valence-electron chi connectivity index (χ0n) is 12.4. The molecule has 0 amide bonds. The minimum atomic E-state index is -3.15. The summed E-state index contributed by atoms with van der Waals surface area (Å²) in [5, 5.41) is 3.55. The monoisotopic (exact) mass is 289 g/mol. The minimum absolute atomic E-state index is 0.435. The van der Waals surface area contributed by atoms with E-state index in [1.807, 2.05) is 13.8 Å². The molecular formula is C13H27N3O2S. The predicted molar refractivity (Wildman–Crippen MR) is 77.7 cm³/mol. The topological polar surface area (TPSA) is 61.4 Å². The molecule has 2 atom stereocenters. The molecule has 2 unspecified atom stereocenters. The molecule has 0 spiro atoms. The Labute approximate surface area is 117 Å². The van der Waals surface area contributed by atoms with E-state index in [0.29, 0.717) is 24.7 Å². The molecule has 0 radical (unpaired) electrons. The van der Waals surface area contributed by atoms with Crippen molar-refractivity contribution < 1.29 is 8.42 Å². The van der Waals surface area contributed by atoms with Gasteiger partial charge in [0, 0.05) is 30.2 Å². The van der Waals surface area contributed by atoms with Crippen molar-refractivity contribution in [1.29, 1.82) is 0 Å². The molecular weight excluding hydrogens is 262 g/mol. The molecule has 0 saturated carbocycles. The Balaban J connectivity index is 1.83. The second-order valence-electron chi connectivity index (χ2n) is 6.86. The van der Waals surface area contributed by atoms with Crippen LogP contribution in [0, 0.1) is 0 Å². The van der Waals surface area contributed by atoms with Crippen LogP contribution in [0.1, 0.15) is 39.5 Å². The van der Waals surface area contributed by atoms with E-state index in [2.05, 4.69) is 22.0 Å². The van der Waals surface area contributed by atoms with E-state index in [4.69, 9.17) is 0 Å². The second kappa shape index (κ2) is 5.31. The molecule has 2 bridgehead atoms. The Bertz CT molecular complexity index is 408. The number of sulfonamides is 1. The van der Waals surface area contributed by atoms with Crippen LogP contribution in [0.5, 0.6) is 0 Å². The first kappa shape index (κ1) is 15.2. The third kappa shape index (κ3) is 4.15. The summed E-state index contributed by atoms with van der Waals surface area (Å²) < 4.78 is 25.3. The van der Waals surface area contributed by atoms with Crippen molar-refractivity contribution in [1.82, 2.24) is 14.9 Å². The van der Waals surface area contributed by atoms with E-state index in [1.54, 1.807) is 0 Å². The van der Waals surface area contributed by atoms with Crippen LogP contribution in [0.4, 0.5) is 0 Å². The van der Waals surface area contributed by atoms with E-state index < -0.39 is 15.6 Å². The fourth-order valence-electron chi connectivity index (χ4n) is 3.52. The van der Waals surface area contributed by atoms with Gasteiger partial charge in [-0.05, 0) is 46.6 Å². The average molecular weight is 289 g/mol. The van der Waals surface area contributed by atoms with Crippen molar-refractivity contribution in [2.45, 2.75) is 63.2 Å². The maximum Gasteiger partial charge on any atom is 0.209 e. The normalized spacial score (nSPS) is 32.7. The lowest BCUT2D eigenvalue weighted by Crippen LogP contribution is -2.54. The number of fused-ring (bicyclic) bond motifs is 2. The molecule has 2 aliphatic heterocycles. The van der Waals surface area contributed by atoms with E-state index in [9.17, 15) is 8.42 Å². The zero-order valence-corrected chi connectivity index (χ0v) is 13.3. The van der Waals surface area contributed by atoms with Gasteiger partial charge in [0.05, 0.1) is 6.26 Å². The standard InChI is InChI=1S/C13H27N3O2S/c1-13(2,15-19(4,17)18)9-14-10-7-11-5-6-12(8-10)16(11)3/h10-12,14-15H,5-9H2,1-4H3. The molecule has 2 saturated heterocycles. The molecule has 2 rings (SSSR count). The van der Waals surface area contributed by atoms with Gasteiger partial charge in [0.2, 0.25) is 10.0 Å². The second-order valence-corrected chi connectivity index (χ2v) is 8.61. The van der Waals surface area contributed by atoms with Gasteiger partial charge in [-0.3, -0.25) is 0 Å². The van der Waals surface area contributed by atoms with Crippen LogP contribution in [0.2, 0.25) is 0 Å². The molecule has 2 heterocycles. The first-order chi connectivity index (χ1) is 8.66. The van der Waals surface area contributed by atoms with E-state index in [1.165, 1.54) is 31.9 Å². The maximum absolute atomic E-state index is 11.3. The SMILES string of the molecule is CN1C2CCC1CC(NCC(C)(C)NS(C)(=O)=O)C2. The van der Waals surface area contributed by atoms with Crippen LogP contribution in [0.25, 0.3) is 0 Å². The number of hydrogen-bond acceptors (Lipinski definition) is 4. The number of nitrogens with zero attached hydrogens (tertiary/aromatic N) is 1. The first-order valence-electron chi connectivity index (χ1n) is 7.10. The fourth-order valence-corrected chi connectivity index (χ4v) is 4.59. The quantitative estimate of drug-likeness (QED) is 0.775. The Morgan fingerprint density at radius 3 is 2.21 bits per heavy atom. The van der Waals surface area contributed by atoms with Crippen LogP contribution >= 0.6 is 0 Å². The van der Waals surface area contributed by atoms with Crippen LogP contribution < -0.4 is 10.0 Å². The van der Waals surface area contributed by atoms with Gasteiger partial charge in [-0.15, -0.1) is 0 Å². The zero-order chi connectivity index (χ0) is 14.3. The third-order valence-electron chi connectivity index (χ3n) is 4.39. The van der Waals surface area contributed by atoms with Crippen molar-refractivity contribution >= 4 is 10.0 Å². The number of nitrogens with one attached hydrogen (secondary N) is 2. The summed E-state index contributed by atoms with van der Waals surface area (Å²) in [7, 11) is -0.921. The molecule has 112 valence electrons. The van der Waals surface area contributed by atoms with Gasteiger partial charge in [-0.1, -0.05) is 0 Å². The molecule has 2 fully saturated rings. The Kier molecular flexibility index (Phi) is 4.26. The molecule has 19 heavy (non-hydrogen) atoms. The van der Waals surface area contributed by atoms with E-state index in [0.717, 1.165) is 0 Å². The molecule has 0 aromatic heterocycles. The highest BCUT2D eigenvalue weighted by Gasteiger charge is 2.38. The molecule has 2 N–H and O–H groups in total. The molecule has 5 nitrogen and oxygen atoms in total. The highest BCUT2D eigenvalue weighted by atomic mass is 32.2. The Hall–Kier alpha value is -0.170. The lowest BCUT2D eigenvalue weighted by Gasteiger charge is -2.38. The van der Waals surface area contributed by atoms with Crippen LogP contribution in [0.3, 0.4) is 0 Å². The summed E-state index contributed by atoms with van der Waals surface area (Å²) in [5.74, 6) is 0. The fraction of sp³-hybridized carbons (Fsp3) is 1.00. The van der Waals surface area contributed by atoms with Crippen LogP contribution in [0.15, 0.2) is 0 Å². The van der Waals surface area contributed by atoms with Gasteiger partial charge >= 0.3 is 0 Å².